The van der Waals surface area contributed by atoms with E-state index >= 15 is 0 Å². The maximum atomic E-state index is 13.4. The Morgan fingerprint density at radius 3 is 2.54 bits per heavy atom. The van der Waals surface area contributed by atoms with Crippen LogP contribution < -0.4 is 10.2 Å². The summed E-state index contributed by atoms with van der Waals surface area (Å²) in [6.07, 6.45) is 6.69. The molecule has 0 atom stereocenters. The SMILES string of the molecule is CCN(C(=O)OC(C)(C)C)C1CCN(c2ccc(C(=O)Nc3cn4cc(CO)nc(C)c4n3)c3nn(C)cc23)CC1. The number of aliphatic hydroxyl groups excluding tert-OH is 1. The molecule has 2 amide bonds. The number of anilines is 2. The fourth-order valence-corrected chi connectivity index (χ4v) is 5.47. The lowest BCUT2D eigenvalue weighted by Crippen LogP contribution is -2.48. The van der Waals surface area contributed by atoms with Gasteiger partial charge in [-0.2, -0.15) is 5.10 Å². The molecule has 218 valence electrons. The Balaban J connectivity index is 1.34. The van der Waals surface area contributed by atoms with Crippen molar-refractivity contribution in [2.24, 2.45) is 7.05 Å². The van der Waals surface area contributed by atoms with Crippen LogP contribution in [0.3, 0.4) is 0 Å². The minimum absolute atomic E-state index is 0.110. The zero-order valence-corrected chi connectivity index (χ0v) is 24.5. The monoisotopic (exact) mass is 562 g/mol. The number of imidazole rings is 1. The molecular formula is C29H38N8O4. The fourth-order valence-electron chi connectivity index (χ4n) is 5.47. The van der Waals surface area contributed by atoms with Gasteiger partial charge < -0.3 is 29.4 Å². The van der Waals surface area contributed by atoms with Gasteiger partial charge in [0.05, 0.1) is 29.8 Å². The number of benzene rings is 1. The van der Waals surface area contributed by atoms with Crippen LogP contribution in [-0.2, 0) is 18.4 Å². The summed E-state index contributed by atoms with van der Waals surface area (Å²) in [7, 11) is 1.84. The molecule has 0 saturated carbocycles. The van der Waals surface area contributed by atoms with E-state index in [1.807, 2.05) is 58.8 Å². The lowest BCUT2D eigenvalue weighted by molar-refractivity contribution is 0.0149. The number of aromatic nitrogens is 5. The highest BCUT2D eigenvalue weighted by Gasteiger charge is 2.31. The zero-order chi connectivity index (χ0) is 29.5. The summed E-state index contributed by atoms with van der Waals surface area (Å²) in [5.41, 5.74) is 3.32. The number of aryl methyl sites for hydroxylation is 2. The van der Waals surface area contributed by atoms with E-state index in [1.54, 1.807) is 27.5 Å². The first kappa shape index (κ1) is 28.3. The fraction of sp³-hybridized carbons (Fsp3) is 0.483. The van der Waals surface area contributed by atoms with E-state index in [1.165, 1.54) is 0 Å². The number of carbonyl (C=O) groups excluding carboxylic acids is 2. The van der Waals surface area contributed by atoms with Crippen LogP contribution in [0.5, 0.6) is 0 Å². The number of fused-ring (bicyclic) bond motifs is 2. The molecule has 4 heterocycles. The van der Waals surface area contributed by atoms with Crippen LogP contribution in [-0.4, -0.2) is 77.4 Å². The number of carbonyl (C=O) groups is 2. The summed E-state index contributed by atoms with van der Waals surface area (Å²) in [6, 6.07) is 3.88. The molecule has 0 bridgehead atoms. The molecule has 1 aromatic carbocycles. The third-order valence-electron chi connectivity index (χ3n) is 7.29. The second kappa shape index (κ2) is 11.0. The molecule has 1 saturated heterocycles. The number of nitrogens with one attached hydrogen (secondary N) is 1. The second-order valence-corrected chi connectivity index (χ2v) is 11.5. The van der Waals surface area contributed by atoms with Gasteiger partial charge in [-0.25, -0.2) is 9.78 Å². The molecule has 12 nitrogen and oxygen atoms in total. The molecule has 0 spiro atoms. The number of rotatable bonds is 6. The quantitative estimate of drug-likeness (QED) is 0.362. The number of amides is 2. The van der Waals surface area contributed by atoms with Crippen LogP contribution in [0.2, 0.25) is 0 Å². The smallest absolute Gasteiger partial charge is 0.410 e. The van der Waals surface area contributed by atoms with Crippen LogP contribution in [0.25, 0.3) is 16.6 Å². The van der Waals surface area contributed by atoms with Crippen molar-refractivity contribution in [3.63, 3.8) is 0 Å². The summed E-state index contributed by atoms with van der Waals surface area (Å²) >= 11 is 0. The second-order valence-electron chi connectivity index (χ2n) is 11.5. The van der Waals surface area contributed by atoms with Gasteiger partial charge in [0.2, 0.25) is 0 Å². The van der Waals surface area contributed by atoms with Crippen molar-refractivity contribution >= 4 is 40.1 Å². The Hall–Kier alpha value is -4.19. The van der Waals surface area contributed by atoms with Crippen LogP contribution in [0.15, 0.2) is 30.7 Å². The number of hydrogen-bond donors (Lipinski definition) is 2. The largest absolute Gasteiger partial charge is 0.444 e. The first-order valence-corrected chi connectivity index (χ1v) is 14.0. The van der Waals surface area contributed by atoms with Gasteiger partial charge in [0, 0.05) is 56.2 Å². The van der Waals surface area contributed by atoms with Gasteiger partial charge in [0.1, 0.15) is 11.1 Å². The average Bonchev–Trinajstić information content (AvgIpc) is 3.50. The standard InChI is InChI=1S/C29H38N8O4/c1-7-37(28(40)41-29(3,4)5)20-10-12-35(13-11-20)23-9-8-21(25-22(23)15-34(6)33-25)27(39)32-24-16-36-14-19(17-38)30-18(2)26(36)31-24/h8-9,14-16,20,38H,7,10-13,17H2,1-6H3,(H,32,39). The number of ether oxygens (including phenoxy) is 1. The summed E-state index contributed by atoms with van der Waals surface area (Å²) in [5.74, 6) is 0.0713. The van der Waals surface area contributed by atoms with E-state index < -0.39 is 5.60 Å². The highest BCUT2D eigenvalue weighted by molar-refractivity contribution is 6.13. The Labute approximate surface area is 238 Å². The molecule has 41 heavy (non-hydrogen) atoms. The van der Waals surface area contributed by atoms with Crippen LogP contribution in [0, 0.1) is 6.92 Å². The van der Waals surface area contributed by atoms with E-state index in [0.29, 0.717) is 40.5 Å². The van der Waals surface area contributed by atoms with E-state index in [-0.39, 0.29) is 24.6 Å². The van der Waals surface area contributed by atoms with Crippen LogP contribution in [0.4, 0.5) is 16.3 Å². The highest BCUT2D eigenvalue weighted by Crippen LogP contribution is 2.32. The Morgan fingerprint density at radius 2 is 1.88 bits per heavy atom. The molecule has 1 fully saturated rings. The number of hydrogen-bond acceptors (Lipinski definition) is 8. The molecule has 3 aromatic heterocycles. The lowest BCUT2D eigenvalue weighted by Gasteiger charge is -2.39. The topological polar surface area (TPSA) is 130 Å². The van der Waals surface area contributed by atoms with Gasteiger partial charge in [-0.15, -0.1) is 0 Å². The van der Waals surface area contributed by atoms with E-state index in [9.17, 15) is 14.7 Å². The molecule has 0 aliphatic carbocycles. The molecule has 2 N–H and O–H groups in total. The Bertz CT molecular complexity index is 1590. The van der Waals surface area contributed by atoms with Crippen molar-refractivity contribution in [1.29, 1.82) is 0 Å². The molecular weight excluding hydrogens is 524 g/mol. The molecule has 12 heteroatoms. The predicted octanol–water partition coefficient (Wildman–Crippen LogP) is 3.89. The minimum Gasteiger partial charge on any atom is -0.444 e. The van der Waals surface area contributed by atoms with Gasteiger partial charge in [-0.05, 0) is 59.6 Å². The number of nitrogens with zero attached hydrogens (tertiary/aromatic N) is 7. The van der Waals surface area contributed by atoms with E-state index in [0.717, 1.165) is 37.0 Å². The number of aliphatic hydroxyl groups is 1. The Morgan fingerprint density at radius 1 is 1.15 bits per heavy atom. The summed E-state index contributed by atoms with van der Waals surface area (Å²) in [4.78, 5) is 39.1. The summed E-state index contributed by atoms with van der Waals surface area (Å²) < 4.78 is 9.10. The molecule has 0 radical (unpaired) electrons. The lowest BCUT2D eigenvalue weighted by atomic mass is 10.0. The van der Waals surface area contributed by atoms with E-state index in [2.05, 4.69) is 25.3 Å². The molecule has 1 aliphatic heterocycles. The average molecular weight is 563 g/mol. The van der Waals surface area contributed by atoms with Crippen molar-refractivity contribution in [3.8, 4) is 0 Å². The summed E-state index contributed by atoms with van der Waals surface area (Å²) in [6.45, 7) is 11.4. The van der Waals surface area contributed by atoms with Gasteiger partial charge in [-0.3, -0.25) is 14.5 Å². The maximum Gasteiger partial charge on any atom is 0.410 e. The normalized spacial score (nSPS) is 14.6. The maximum absolute atomic E-state index is 13.4. The van der Waals surface area contributed by atoms with Gasteiger partial charge in [0.15, 0.2) is 11.5 Å². The van der Waals surface area contributed by atoms with Crippen molar-refractivity contribution in [1.82, 2.24) is 29.0 Å². The number of piperidine rings is 1. The first-order chi connectivity index (χ1) is 19.5. The Kier molecular flexibility index (Phi) is 7.60. The molecule has 4 aromatic rings. The van der Waals surface area contributed by atoms with Crippen molar-refractivity contribution < 1.29 is 19.4 Å². The van der Waals surface area contributed by atoms with Gasteiger partial charge >= 0.3 is 6.09 Å². The first-order valence-electron chi connectivity index (χ1n) is 14.0. The predicted molar refractivity (Wildman–Crippen MR) is 156 cm³/mol. The van der Waals surface area contributed by atoms with Gasteiger partial charge in [-0.1, -0.05) is 0 Å². The zero-order valence-electron chi connectivity index (χ0n) is 24.5. The third-order valence-corrected chi connectivity index (χ3v) is 7.29. The molecule has 5 rings (SSSR count). The van der Waals surface area contributed by atoms with Crippen molar-refractivity contribution in [3.05, 3.63) is 47.7 Å². The minimum atomic E-state index is -0.532. The van der Waals surface area contributed by atoms with Gasteiger partial charge in [0.25, 0.3) is 5.91 Å². The molecule has 0 unspecified atom stereocenters. The molecule has 1 aliphatic rings. The van der Waals surface area contributed by atoms with Crippen molar-refractivity contribution in [2.75, 3.05) is 29.9 Å². The highest BCUT2D eigenvalue weighted by atomic mass is 16.6. The summed E-state index contributed by atoms with van der Waals surface area (Å²) in [5, 5.41) is 17.9. The third kappa shape index (κ3) is 5.83. The van der Waals surface area contributed by atoms with Crippen molar-refractivity contribution in [2.45, 2.75) is 65.7 Å². The van der Waals surface area contributed by atoms with E-state index in [4.69, 9.17) is 4.74 Å². The van der Waals surface area contributed by atoms with Crippen LogP contribution >= 0.6 is 0 Å². The van der Waals surface area contributed by atoms with Crippen LogP contribution in [0.1, 0.15) is 62.3 Å².